The molecule has 0 amide bonds. The van der Waals surface area contributed by atoms with Gasteiger partial charge in [0.1, 0.15) is 5.82 Å². The van der Waals surface area contributed by atoms with Crippen LogP contribution in [0.25, 0.3) is 11.2 Å². The summed E-state index contributed by atoms with van der Waals surface area (Å²) in [6.45, 7) is 7.12. The highest BCUT2D eigenvalue weighted by Crippen LogP contribution is 2.18. The van der Waals surface area contributed by atoms with Gasteiger partial charge in [-0.2, -0.15) is 0 Å². The highest BCUT2D eigenvalue weighted by Gasteiger charge is 2.28. The van der Waals surface area contributed by atoms with Crippen molar-refractivity contribution >= 4 is 32.6 Å². The lowest BCUT2D eigenvalue weighted by molar-refractivity contribution is 0.546. The molecule has 0 unspecified atom stereocenters. The first-order valence-electron chi connectivity index (χ1n) is 10.5. The molecular formula is C22H29ClN4O4S. The van der Waals surface area contributed by atoms with E-state index < -0.39 is 25.8 Å². The maximum absolute atomic E-state index is 13.3. The van der Waals surface area contributed by atoms with Crippen LogP contribution in [0, 0.1) is 0 Å². The van der Waals surface area contributed by atoms with Crippen LogP contribution in [0.4, 0.5) is 0 Å². The predicted molar refractivity (Wildman–Crippen MR) is 127 cm³/mol. The van der Waals surface area contributed by atoms with Gasteiger partial charge >= 0.3 is 5.69 Å². The molecule has 0 N–H and O–H groups in total. The van der Waals surface area contributed by atoms with E-state index in [9.17, 15) is 18.0 Å². The Hall–Kier alpha value is -2.39. The molecule has 0 spiro atoms. The van der Waals surface area contributed by atoms with E-state index in [4.69, 9.17) is 11.6 Å². The Bertz CT molecular complexity index is 1360. The quantitative estimate of drug-likeness (QED) is 0.518. The van der Waals surface area contributed by atoms with Gasteiger partial charge in [-0.1, -0.05) is 30.7 Å². The first kappa shape index (κ1) is 24.3. The third-order valence-electron chi connectivity index (χ3n) is 5.63. The highest BCUT2D eigenvalue weighted by molar-refractivity contribution is 7.92. The van der Waals surface area contributed by atoms with Crippen molar-refractivity contribution in [2.24, 2.45) is 7.05 Å². The molecule has 0 radical (unpaired) electrons. The van der Waals surface area contributed by atoms with Crippen LogP contribution >= 0.6 is 11.6 Å². The van der Waals surface area contributed by atoms with E-state index in [1.54, 1.807) is 56.7 Å². The topological polar surface area (TPSA) is 96.0 Å². The number of sulfone groups is 1. The zero-order valence-electron chi connectivity index (χ0n) is 19.1. The number of aryl methyl sites for hydroxylation is 3. The lowest BCUT2D eigenvalue weighted by Gasteiger charge is -2.19. The summed E-state index contributed by atoms with van der Waals surface area (Å²) in [5.74, 6) is 0.616. The Balaban J connectivity index is 2.11. The minimum atomic E-state index is -3.33. The zero-order chi connectivity index (χ0) is 23.8. The van der Waals surface area contributed by atoms with Crippen LogP contribution in [-0.2, 0) is 36.4 Å². The SMILES string of the molecule is CCc1nc2c(c(=O)n(Cc3ccc(Cl)cc3)c(=O)n2CCCS(=O)(=O)C(C)(C)C)n1C. The van der Waals surface area contributed by atoms with Crippen molar-refractivity contribution in [3.05, 3.63) is 61.5 Å². The third-order valence-corrected chi connectivity index (χ3v) is 8.58. The maximum Gasteiger partial charge on any atom is 0.333 e. The molecule has 10 heteroatoms. The third kappa shape index (κ3) is 4.54. The molecule has 174 valence electrons. The predicted octanol–water partition coefficient (Wildman–Crippen LogP) is 2.76. The number of hydrogen-bond acceptors (Lipinski definition) is 5. The fraction of sp³-hybridized carbons (Fsp3) is 0.500. The first-order valence-corrected chi connectivity index (χ1v) is 12.6. The summed E-state index contributed by atoms with van der Waals surface area (Å²) in [7, 11) is -1.58. The highest BCUT2D eigenvalue weighted by atomic mass is 35.5. The molecule has 0 saturated heterocycles. The Kier molecular flexibility index (Phi) is 6.72. The number of nitrogens with zero attached hydrogens (tertiary/aromatic N) is 4. The van der Waals surface area contributed by atoms with Crippen molar-refractivity contribution < 1.29 is 8.42 Å². The van der Waals surface area contributed by atoms with Crippen molar-refractivity contribution in [1.82, 2.24) is 18.7 Å². The van der Waals surface area contributed by atoms with Gasteiger partial charge in [-0.05, 0) is 44.9 Å². The average Bonchev–Trinajstić information content (AvgIpc) is 3.04. The van der Waals surface area contributed by atoms with Crippen molar-refractivity contribution in [2.45, 2.75) is 58.4 Å². The second-order valence-corrected chi connectivity index (χ2v) is 12.1. The summed E-state index contributed by atoms with van der Waals surface area (Å²) >= 11 is 5.95. The fourth-order valence-corrected chi connectivity index (χ4v) is 4.80. The molecule has 0 saturated carbocycles. The molecule has 0 aliphatic heterocycles. The lowest BCUT2D eigenvalue weighted by Crippen LogP contribution is -2.41. The number of imidazole rings is 1. The van der Waals surface area contributed by atoms with Crippen LogP contribution in [0.15, 0.2) is 33.9 Å². The van der Waals surface area contributed by atoms with Gasteiger partial charge in [0.2, 0.25) is 0 Å². The fourth-order valence-electron chi connectivity index (χ4n) is 3.56. The van der Waals surface area contributed by atoms with Crippen LogP contribution < -0.4 is 11.2 Å². The van der Waals surface area contributed by atoms with Crippen LogP contribution in [0.3, 0.4) is 0 Å². The molecule has 0 aliphatic carbocycles. The molecule has 3 aromatic rings. The van der Waals surface area contributed by atoms with Gasteiger partial charge in [-0.3, -0.25) is 13.9 Å². The van der Waals surface area contributed by atoms with Crippen molar-refractivity contribution in [1.29, 1.82) is 0 Å². The Morgan fingerprint density at radius 3 is 2.25 bits per heavy atom. The molecule has 0 aliphatic rings. The van der Waals surface area contributed by atoms with Crippen molar-refractivity contribution in [3.8, 4) is 0 Å². The van der Waals surface area contributed by atoms with E-state index in [-0.39, 0.29) is 25.3 Å². The van der Waals surface area contributed by atoms with Crippen molar-refractivity contribution in [3.63, 3.8) is 0 Å². The number of rotatable bonds is 7. The van der Waals surface area contributed by atoms with E-state index in [2.05, 4.69) is 4.98 Å². The molecule has 0 atom stereocenters. The summed E-state index contributed by atoms with van der Waals surface area (Å²) < 4.78 is 28.4. The molecule has 0 bridgehead atoms. The summed E-state index contributed by atoms with van der Waals surface area (Å²) in [5, 5.41) is 0.563. The minimum Gasteiger partial charge on any atom is -0.325 e. The zero-order valence-corrected chi connectivity index (χ0v) is 20.6. The van der Waals surface area contributed by atoms with Gasteiger partial charge < -0.3 is 4.57 Å². The molecule has 8 nitrogen and oxygen atoms in total. The normalized spacial score (nSPS) is 12.6. The number of hydrogen-bond donors (Lipinski definition) is 0. The molecule has 0 fully saturated rings. The summed E-state index contributed by atoms with van der Waals surface area (Å²) in [6, 6.07) is 6.93. The van der Waals surface area contributed by atoms with Gasteiger partial charge in [0, 0.05) is 25.0 Å². The molecule has 1 aromatic carbocycles. The molecular weight excluding hydrogens is 452 g/mol. The largest absolute Gasteiger partial charge is 0.333 e. The van der Waals surface area contributed by atoms with Crippen LogP contribution in [0.5, 0.6) is 0 Å². The van der Waals surface area contributed by atoms with E-state index >= 15 is 0 Å². The summed E-state index contributed by atoms with van der Waals surface area (Å²) in [4.78, 5) is 31.1. The van der Waals surface area contributed by atoms with Gasteiger partial charge in [-0.25, -0.2) is 18.2 Å². The minimum absolute atomic E-state index is 0.0613. The van der Waals surface area contributed by atoms with Crippen LogP contribution in [0.1, 0.15) is 45.5 Å². The van der Waals surface area contributed by atoms with E-state index in [1.807, 2.05) is 6.92 Å². The number of halogens is 1. The van der Waals surface area contributed by atoms with E-state index in [0.717, 1.165) is 5.56 Å². The standard InChI is InChI=1S/C22H29ClN4O4S/c1-6-17-24-19-18(25(17)5)20(28)27(14-15-8-10-16(23)11-9-15)21(29)26(19)12-7-13-32(30,31)22(2,3)4/h8-11H,6-7,12-14H2,1-5H3. The van der Waals surface area contributed by atoms with Crippen molar-refractivity contribution in [2.75, 3.05) is 5.75 Å². The molecule has 2 aromatic heterocycles. The smallest absolute Gasteiger partial charge is 0.325 e. The average molecular weight is 481 g/mol. The van der Waals surface area contributed by atoms with E-state index in [1.165, 1.54) is 9.13 Å². The number of aromatic nitrogens is 4. The Labute approximate surface area is 192 Å². The Morgan fingerprint density at radius 2 is 1.69 bits per heavy atom. The summed E-state index contributed by atoms with van der Waals surface area (Å²) in [6.07, 6.45) is 0.834. The molecule has 2 heterocycles. The maximum atomic E-state index is 13.3. The number of benzene rings is 1. The van der Waals surface area contributed by atoms with Crippen LogP contribution in [-0.4, -0.2) is 37.6 Å². The van der Waals surface area contributed by atoms with Crippen LogP contribution in [0.2, 0.25) is 5.02 Å². The molecule has 3 rings (SSSR count). The van der Waals surface area contributed by atoms with Gasteiger partial charge in [0.15, 0.2) is 21.0 Å². The summed E-state index contributed by atoms with van der Waals surface area (Å²) in [5.41, 5.74) is 0.446. The number of fused-ring (bicyclic) bond motifs is 1. The van der Waals surface area contributed by atoms with Gasteiger partial charge in [-0.15, -0.1) is 0 Å². The second kappa shape index (κ2) is 8.86. The molecule has 32 heavy (non-hydrogen) atoms. The Morgan fingerprint density at radius 1 is 1.06 bits per heavy atom. The van der Waals surface area contributed by atoms with Gasteiger partial charge in [0.25, 0.3) is 5.56 Å². The first-order chi connectivity index (χ1) is 14.9. The monoisotopic (exact) mass is 480 g/mol. The van der Waals surface area contributed by atoms with Gasteiger partial charge in [0.05, 0.1) is 17.0 Å². The second-order valence-electron chi connectivity index (χ2n) is 8.85. The lowest BCUT2D eigenvalue weighted by atomic mass is 10.2. The van der Waals surface area contributed by atoms with E-state index in [0.29, 0.717) is 28.4 Å².